The number of hydrogen-bond acceptors (Lipinski definition) is 6. The first kappa shape index (κ1) is 17.8. The molecule has 0 unspecified atom stereocenters. The van der Waals surface area contributed by atoms with Crippen molar-refractivity contribution in [3.63, 3.8) is 0 Å². The molecule has 0 fully saturated rings. The van der Waals surface area contributed by atoms with Crippen LogP contribution in [0.4, 0.5) is 5.69 Å². The quantitative estimate of drug-likeness (QED) is 0.557. The van der Waals surface area contributed by atoms with Crippen LogP contribution < -0.4 is 10.9 Å². The molecule has 3 aromatic heterocycles. The van der Waals surface area contributed by atoms with E-state index in [9.17, 15) is 4.79 Å². The van der Waals surface area contributed by atoms with Gasteiger partial charge in [0.05, 0.1) is 23.6 Å². The standard InChI is InChI=1S/C20H21N7O/c1-14(2)17-12-18(20-23-22-13-27(20)25-17)21-10-11-26-19(28)9-8-16(24-26)15-6-4-3-5-7-15/h3-9,12-14,21H,10-11H2,1-2H3. The third-order valence-corrected chi connectivity index (χ3v) is 4.45. The summed E-state index contributed by atoms with van der Waals surface area (Å²) in [5.74, 6) is 0.277. The molecule has 0 bridgehead atoms. The number of fused-ring (bicyclic) bond motifs is 1. The van der Waals surface area contributed by atoms with Crippen LogP contribution in [0, 0.1) is 0 Å². The summed E-state index contributed by atoms with van der Waals surface area (Å²) in [5, 5.41) is 20.4. The maximum atomic E-state index is 12.2. The molecule has 0 atom stereocenters. The average molecular weight is 375 g/mol. The molecule has 1 N–H and O–H groups in total. The molecule has 0 aliphatic rings. The van der Waals surface area contributed by atoms with E-state index in [1.807, 2.05) is 36.4 Å². The molecule has 28 heavy (non-hydrogen) atoms. The molecule has 0 amide bonds. The Morgan fingerprint density at radius 3 is 2.68 bits per heavy atom. The van der Waals surface area contributed by atoms with Crippen molar-refractivity contribution in [2.45, 2.75) is 26.3 Å². The molecule has 3 heterocycles. The Morgan fingerprint density at radius 1 is 1.07 bits per heavy atom. The van der Waals surface area contributed by atoms with Crippen LogP contribution in [0.2, 0.25) is 0 Å². The third-order valence-electron chi connectivity index (χ3n) is 4.45. The number of nitrogens with one attached hydrogen (secondary N) is 1. The molecule has 4 rings (SSSR count). The number of hydrogen-bond donors (Lipinski definition) is 1. The van der Waals surface area contributed by atoms with Gasteiger partial charge in [0.25, 0.3) is 5.56 Å². The zero-order valence-corrected chi connectivity index (χ0v) is 15.8. The fourth-order valence-electron chi connectivity index (χ4n) is 2.93. The van der Waals surface area contributed by atoms with Gasteiger partial charge < -0.3 is 5.32 Å². The van der Waals surface area contributed by atoms with Gasteiger partial charge in [0.2, 0.25) is 5.65 Å². The Labute approximate surface area is 161 Å². The van der Waals surface area contributed by atoms with E-state index in [4.69, 9.17) is 0 Å². The Hall–Kier alpha value is -3.55. The third kappa shape index (κ3) is 3.62. The monoisotopic (exact) mass is 375 g/mol. The molecule has 0 saturated carbocycles. The highest BCUT2D eigenvalue weighted by Crippen LogP contribution is 2.20. The minimum Gasteiger partial charge on any atom is -0.380 e. The van der Waals surface area contributed by atoms with Crippen molar-refractivity contribution in [1.29, 1.82) is 0 Å². The molecule has 142 valence electrons. The van der Waals surface area contributed by atoms with E-state index in [0.29, 0.717) is 18.7 Å². The minimum absolute atomic E-state index is 0.133. The maximum absolute atomic E-state index is 12.2. The second-order valence-corrected chi connectivity index (χ2v) is 6.81. The highest BCUT2D eigenvalue weighted by molar-refractivity contribution is 5.66. The normalized spacial score (nSPS) is 11.2. The molecular formula is C20H21N7O. The van der Waals surface area contributed by atoms with Crippen LogP contribution in [0.1, 0.15) is 25.5 Å². The summed E-state index contributed by atoms with van der Waals surface area (Å²) in [4.78, 5) is 12.2. The summed E-state index contributed by atoms with van der Waals surface area (Å²) in [5.41, 5.74) is 4.05. The average Bonchev–Trinajstić information content (AvgIpc) is 3.19. The van der Waals surface area contributed by atoms with Gasteiger partial charge in [-0.3, -0.25) is 4.79 Å². The second kappa shape index (κ2) is 7.59. The first-order valence-corrected chi connectivity index (χ1v) is 9.20. The smallest absolute Gasteiger partial charge is 0.266 e. The number of aromatic nitrogens is 6. The van der Waals surface area contributed by atoms with Crippen molar-refractivity contribution in [2.75, 3.05) is 11.9 Å². The van der Waals surface area contributed by atoms with Crippen molar-refractivity contribution in [2.24, 2.45) is 0 Å². The van der Waals surface area contributed by atoms with Crippen molar-refractivity contribution in [3.8, 4) is 11.3 Å². The van der Waals surface area contributed by atoms with E-state index in [1.165, 1.54) is 4.68 Å². The lowest BCUT2D eigenvalue weighted by atomic mass is 10.1. The summed E-state index contributed by atoms with van der Waals surface area (Å²) in [6.45, 7) is 5.12. The van der Waals surface area contributed by atoms with Crippen LogP contribution in [-0.2, 0) is 6.54 Å². The SMILES string of the molecule is CC(C)c1cc(NCCn2nc(-c3ccccc3)ccc2=O)c2nncn2n1. The van der Waals surface area contributed by atoms with Crippen molar-refractivity contribution >= 4 is 11.3 Å². The number of anilines is 1. The fraction of sp³-hybridized carbons (Fsp3) is 0.250. The van der Waals surface area contributed by atoms with Gasteiger partial charge in [0.1, 0.15) is 6.33 Å². The van der Waals surface area contributed by atoms with Crippen molar-refractivity contribution < 1.29 is 0 Å². The van der Waals surface area contributed by atoms with Crippen LogP contribution in [0.5, 0.6) is 0 Å². The molecule has 8 heteroatoms. The zero-order valence-electron chi connectivity index (χ0n) is 15.8. The zero-order chi connectivity index (χ0) is 19.5. The van der Waals surface area contributed by atoms with Gasteiger partial charge in [0.15, 0.2) is 0 Å². The second-order valence-electron chi connectivity index (χ2n) is 6.81. The Kier molecular flexibility index (Phi) is 4.84. The summed E-state index contributed by atoms with van der Waals surface area (Å²) >= 11 is 0. The van der Waals surface area contributed by atoms with E-state index < -0.39 is 0 Å². The predicted octanol–water partition coefficient (Wildman–Crippen LogP) is 2.58. The highest BCUT2D eigenvalue weighted by atomic mass is 16.1. The van der Waals surface area contributed by atoms with E-state index in [0.717, 1.165) is 22.6 Å². The topological polar surface area (TPSA) is 90.0 Å². The summed E-state index contributed by atoms with van der Waals surface area (Å²) in [6.07, 6.45) is 1.59. The molecule has 0 aliphatic heterocycles. The van der Waals surface area contributed by atoms with E-state index >= 15 is 0 Å². The van der Waals surface area contributed by atoms with Crippen LogP contribution in [0.3, 0.4) is 0 Å². The van der Waals surface area contributed by atoms with Crippen LogP contribution in [0.15, 0.2) is 59.7 Å². The van der Waals surface area contributed by atoms with Gasteiger partial charge >= 0.3 is 0 Å². The summed E-state index contributed by atoms with van der Waals surface area (Å²) in [6, 6.07) is 15.1. The number of nitrogens with zero attached hydrogens (tertiary/aromatic N) is 6. The van der Waals surface area contributed by atoms with Crippen LogP contribution in [0.25, 0.3) is 16.9 Å². The van der Waals surface area contributed by atoms with E-state index in [2.05, 4.69) is 39.6 Å². The minimum atomic E-state index is -0.133. The summed E-state index contributed by atoms with van der Waals surface area (Å²) < 4.78 is 3.14. The molecular weight excluding hydrogens is 354 g/mol. The van der Waals surface area contributed by atoms with Gasteiger partial charge in [-0.1, -0.05) is 44.2 Å². The lowest BCUT2D eigenvalue weighted by Gasteiger charge is -2.12. The fourth-order valence-corrected chi connectivity index (χ4v) is 2.93. The van der Waals surface area contributed by atoms with Gasteiger partial charge in [-0.2, -0.15) is 14.7 Å². The van der Waals surface area contributed by atoms with E-state index in [1.54, 1.807) is 23.0 Å². The van der Waals surface area contributed by atoms with Gasteiger partial charge in [-0.25, -0.2) is 4.68 Å². The largest absolute Gasteiger partial charge is 0.380 e. The van der Waals surface area contributed by atoms with Crippen molar-refractivity contribution in [3.05, 3.63) is 70.9 Å². The first-order valence-electron chi connectivity index (χ1n) is 9.20. The van der Waals surface area contributed by atoms with Gasteiger partial charge in [-0.15, -0.1) is 10.2 Å². The molecule has 0 radical (unpaired) electrons. The molecule has 0 spiro atoms. The molecule has 0 aliphatic carbocycles. The number of benzene rings is 1. The molecule has 0 saturated heterocycles. The van der Waals surface area contributed by atoms with Gasteiger partial charge in [0, 0.05) is 18.2 Å². The molecule has 1 aromatic carbocycles. The van der Waals surface area contributed by atoms with Gasteiger partial charge in [-0.05, 0) is 18.1 Å². The lowest BCUT2D eigenvalue weighted by Crippen LogP contribution is -2.26. The predicted molar refractivity (Wildman–Crippen MR) is 107 cm³/mol. The van der Waals surface area contributed by atoms with Crippen LogP contribution in [-0.4, -0.2) is 36.1 Å². The summed E-state index contributed by atoms with van der Waals surface area (Å²) in [7, 11) is 0. The lowest BCUT2D eigenvalue weighted by molar-refractivity contribution is 0.600. The molecule has 4 aromatic rings. The molecule has 8 nitrogen and oxygen atoms in total. The first-order chi connectivity index (χ1) is 13.6. The Bertz CT molecular complexity index is 1150. The van der Waals surface area contributed by atoms with E-state index in [-0.39, 0.29) is 11.5 Å². The Balaban J connectivity index is 1.54. The number of rotatable bonds is 6. The highest BCUT2D eigenvalue weighted by Gasteiger charge is 2.10. The maximum Gasteiger partial charge on any atom is 0.266 e. The Morgan fingerprint density at radius 2 is 1.89 bits per heavy atom. The van der Waals surface area contributed by atoms with Crippen molar-refractivity contribution in [1.82, 2.24) is 29.6 Å². The van der Waals surface area contributed by atoms with Crippen LogP contribution >= 0.6 is 0 Å².